The molecule has 0 spiro atoms. The van der Waals surface area contributed by atoms with E-state index in [2.05, 4.69) is 0 Å². The highest BCUT2D eigenvalue weighted by molar-refractivity contribution is 5.68. The smallest absolute Gasteiger partial charge is 0.303 e. The van der Waals surface area contributed by atoms with E-state index in [1.165, 1.54) is 0 Å². The van der Waals surface area contributed by atoms with Crippen LogP contribution in [0.25, 0.3) is 0 Å². The van der Waals surface area contributed by atoms with Crippen molar-refractivity contribution in [3.05, 3.63) is 0 Å². The van der Waals surface area contributed by atoms with Gasteiger partial charge >= 0.3 is 5.97 Å². The Morgan fingerprint density at radius 1 is 1.78 bits per heavy atom. The summed E-state index contributed by atoms with van der Waals surface area (Å²) in [7, 11) is 0. The second-order valence-electron chi connectivity index (χ2n) is 1.73. The van der Waals surface area contributed by atoms with Gasteiger partial charge in [-0.15, -0.1) is 0 Å². The van der Waals surface area contributed by atoms with E-state index < -0.39 is 12.0 Å². The first kappa shape index (κ1) is 8.10. The van der Waals surface area contributed by atoms with E-state index in [9.17, 15) is 9.59 Å². The zero-order chi connectivity index (χ0) is 7.28. The maximum atomic E-state index is 9.85. The van der Waals surface area contributed by atoms with Gasteiger partial charge in [-0.2, -0.15) is 0 Å². The molecule has 0 aromatic carbocycles. The fourth-order valence-electron chi connectivity index (χ4n) is 0.358. The number of carboxylic acid groups (broad SMARTS) is 1. The summed E-state index contributed by atoms with van der Waals surface area (Å²) < 4.78 is 0. The van der Waals surface area contributed by atoms with Crippen molar-refractivity contribution in [2.45, 2.75) is 18.9 Å². The van der Waals surface area contributed by atoms with Crippen LogP contribution >= 0.6 is 0 Å². The number of nitrogens with two attached hydrogens (primary N) is 1. The molecule has 0 heterocycles. The van der Waals surface area contributed by atoms with Gasteiger partial charge in [-0.25, -0.2) is 0 Å². The number of aliphatic carboxylic acids is 1. The second kappa shape index (κ2) is 4.03. The Morgan fingerprint density at radius 2 is 2.33 bits per heavy atom. The van der Waals surface area contributed by atoms with Crippen LogP contribution in [0.3, 0.4) is 0 Å². The molecular formula is C5H9NO3. The van der Waals surface area contributed by atoms with Gasteiger partial charge in [0, 0.05) is 6.42 Å². The van der Waals surface area contributed by atoms with Gasteiger partial charge < -0.3 is 15.6 Å². The predicted octanol–water partition coefficient (Wildman–Crippen LogP) is -0.623. The Balaban J connectivity index is 3.26. The molecule has 0 aromatic heterocycles. The fraction of sp³-hybridized carbons (Fsp3) is 0.600. The van der Waals surface area contributed by atoms with Crippen molar-refractivity contribution >= 4 is 12.3 Å². The van der Waals surface area contributed by atoms with Crippen molar-refractivity contribution in [3.63, 3.8) is 0 Å². The molecule has 0 aromatic rings. The first-order valence-corrected chi connectivity index (χ1v) is 2.59. The largest absolute Gasteiger partial charge is 0.481 e. The quantitative estimate of drug-likeness (QED) is 0.498. The van der Waals surface area contributed by atoms with Crippen molar-refractivity contribution in [1.82, 2.24) is 0 Å². The van der Waals surface area contributed by atoms with Crippen LogP contribution in [-0.2, 0) is 9.59 Å². The van der Waals surface area contributed by atoms with E-state index in [-0.39, 0.29) is 12.8 Å². The third kappa shape index (κ3) is 4.96. The molecule has 0 aliphatic rings. The Labute approximate surface area is 52.7 Å². The molecule has 0 saturated heterocycles. The first-order valence-electron chi connectivity index (χ1n) is 2.59. The summed E-state index contributed by atoms with van der Waals surface area (Å²) >= 11 is 0. The van der Waals surface area contributed by atoms with E-state index in [1.807, 2.05) is 0 Å². The zero-order valence-electron chi connectivity index (χ0n) is 4.91. The van der Waals surface area contributed by atoms with Crippen LogP contribution in [0, 0.1) is 0 Å². The first-order chi connectivity index (χ1) is 4.16. The lowest BCUT2D eigenvalue weighted by atomic mass is 10.2. The van der Waals surface area contributed by atoms with Crippen molar-refractivity contribution in [2.24, 2.45) is 5.73 Å². The molecule has 3 N–H and O–H groups in total. The molecule has 0 fully saturated rings. The fourth-order valence-corrected chi connectivity index (χ4v) is 0.358. The van der Waals surface area contributed by atoms with E-state index in [1.54, 1.807) is 0 Å². The van der Waals surface area contributed by atoms with Crippen molar-refractivity contribution in [1.29, 1.82) is 0 Å². The molecule has 0 saturated carbocycles. The number of carbonyl (C=O) groups is 2. The van der Waals surface area contributed by atoms with Crippen LogP contribution in [0.5, 0.6) is 0 Å². The van der Waals surface area contributed by atoms with Crippen LogP contribution in [0.15, 0.2) is 0 Å². The highest BCUT2D eigenvalue weighted by Crippen LogP contribution is 1.90. The number of carbonyl (C=O) groups excluding carboxylic acids is 1. The van der Waals surface area contributed by atoms with Crippen LogP contribution in [0.4, 0.5) is 0 Å². The van der Waals surface area contributed by atoms with Crippen LogP contribution in [-0.4, -0.2) is 23.4 Å². The van der Waals surface area contributed by atoms with E-state index in [0.29, 0.717) is 6.29 Å². The molecule has 0 rings (SSSR count). The predicted molar refractivity (Wildman–Crippen MR) is 30.9 cm³/mol. The Hall–Kier alpha value is -0.900. The minimum atomic E-state index is -0.924. The number of aldehydes is 1. The summed E-state index contributed by atoms with van der Waals surface area (Å²) in [5.41, 5.74) is 5.09. The monoisotopic (exact) mass is 131 g/mol. The molecule has 4 heteroatoms. The van der Waals surface area contributed by atoms with Gasteiger partial charge in [0.2, 0.25) is 0 Å². The summed E-state index contributed by atoms with van der Waals surface area (Å²) in [4.78, 5) is 19.6. The van der Waals surface area contributed by atoms with Gasteiger partial charge in [0.1, 0.15) is 6.29 Å². The lowest BCUT2D eigenvalue weighted by Gasteiger charge is -1.97. The van der Waals surface area contributed by atoms with Crippen LogP contribution < -0.4 is 5.73 Å². The summed E-state index contributed by atoms with van der Waals surface area (Å²) in [6.07, 6.45) is 0.724. The number of hydrogen-bond acceptors (Lipinski definition) is 3. The Kier molecular flexibility index (Phi) is 3.62. The molecular weight excluding hydrogens is 122 g/mol. The standard InChI is InChI=1S/C5H9NO3/c6-4(3-7)1-2-5(8)9/h3-4H,1-2,6H2,(H,8,9)/t4-/m1/s1. The maximum Gasteiger partial charge on any atom is 0.303 e. The molecule has 4 nitrogen and oxygen atoms in total. The number of hydrogen-bond donors (Lipinski definition) is 2. The highest BCUT2D eigenvalue weighted by atomic mass is 16.4. The number of carboxylic acids is 1. The van der Waals surface area contributed by atoms with Crippen molar-refractivity contribution in [3.8, 4) is 0 Å². The minimum Gasteiger partial charge on any atom is -0.481 e. The van der Waals surface area contributed by atoms with Gasteiger partial charge in [-0.3, -0.25) is 4.79 Å². The summed E-state index contributed by atoms with van der Waals surface area (Å²) in [6.45, 7) is 0. The van der Waals surface area contributed by atoms with E-state index in [0.717, 1.165) is 0 Å². The summed E-state index contributed by atoms with van der Waals surface area (Å²) in [5.74, 6) is -0.924. The minimum absolute atomic E-state index is 0.0418. The average molecular weight is 131 g/mol. The van der Waals surface area contributed by atoms with Gasteiger partial charge in [-0.05, 0) is 6.42 Å². The lowest BCUT2D eigenvalue weighted by Crippen LogP contribution is -2.22. The molecule has 0 unspecified atom stereocenters. The topological polar surface area (TPSA) is 80.4 Å². The molecule has 0 amide bonds. The van der Waals surface area contributed by atoms with Crippen LogP contribution in [0.2, 0.25) is 0 Å². The molecule has 0 aliphatic carbocycles. The molecule has 0 bridgehead atoms. The van der Waals surface area contributed by atoms with Gasteiger partial charge in [-0.1, -0.05) is 0 Å². The maximum absolute atomic E-state index is 9.85. The van der Waals surface area contributed by atoms with Crippen LogP contribution in [0.1, 0.15) is 12.8 Å². The summed E-state index contributed by atoms with van der Waals surface area (Å²) in [5, 5.41) is 8.09. The third-order valence-corrected chi connectivity index (χ3v) is 0.866. The third-order valence-electron chi connectivity index (χ3n) is 0.866. The van der Waals surface area contributed by atoms with Gasteiger partial charge in [0.05, 0.1) is 6.04 Å². The molecule has 0 aliphatic heterocycles. The summed E-state index contributed by atoms with van der Waals surface area (Å²) in [6, 6.07) is -0.624. The second-order valence-corrected chi connectivity index (χ2v) is 1.73. The molecule has 52 valence electrons. The molecule has 1 atom stereocenters. The zero-order valence-corrected chi connectivity index (χ0v) is 4.91. The SMILES string of the molecule is N[C@@H](C=O)CCC(=O)O. The number of rotatable bonds is 4. The van der Waals surface area contributed by atoms with Crippen molar-refractivity contribution in [2.75, 3.05) is 0 Å². The van der Waals surface area contributed by atoms with Crippen molar-refractivity contribution < 1.29 is 14.7 Å². The molecule has 0 radical (unpaired) electrons. The Morgan fingerprint density at radius 3 is 2.67 bits per heavy atom. The van der Waals surface area contributed by atoms with E-state index in [4.69, 9.17) is 10.8 Å². The van der Waals surface area contributed by atoms with E-state index >= 15 is 0 Å². The Bertz CT molecular complexity index is 113. The highest BCUT2D eigenvalue weighted by Gasteiger charge is 2.02. The van der Waals surface area contributed by atoms with Gasteiger partial charge in [0.15, 0.2) is 0 Å². The lowest BCUT2D eigenvalue weighted by molar-refractivity contribution is -0.137. The molecule has 9 heavy (non-hydrogen) atoms. The normalized spacial score (nSPS) is 12.6. The average Bonchev–Trinajstić information content (AvgIpc) is 1.83. The van der Waals surface area contributed by atoms with Gasteiger partial charge in [0.25, 0.3) is 0 Å².